The average molecular weight is 349 g/mol. The molecule has 0 unspecified atom stereocenters. The second kappa shape index (κ2) is 8.54. The molecule has 0 bridgehead atoms. The first-order valence-corrected chi connectivity index (χ1v) is 8.05. The summed E-state index contributed by atoms with van der Waals surface area (Å²) in [7, 11) is 0. The van der Waals surface area contributed by atoms with Crippen molar-refractivity contribution in [2.24, 2.45) is 0 Å². The number of aromatic hydroxyl groups is 1. The predicted octanol–water partition coefficient (Wildman–Crippen LogP) is 4.28. The van der Waals surface area contributed by atoms with Crippen LogP contribution in [0.5, 0.6) is 11.5 Å². The number of aromatic carboxylic acids is 1. The van der Waals surface area contributed by atoms with Crippen molar-refractivity contribution in [3.05, 3.63) is 71.3 Å². The molecular formula is C21H19NO4. The fraction of sp³-hybridized carbons (Fsp3) is 0.143. The Morgan fingerprint density at radius 1 is 1.27 bits per heavy atom. The number of hydrogen-bond acceptors (Lipinski definition) is 4. The molecular weight excluding hydrogens is 330 g/mol. The van der Waals surface area contributed by atoms with Gasteiger partial charge in [-0.1, -0.05) is 18.2 Å². The molecule has 5 heteroatoms. The highest BCUT2D eigenvalue weighted by Crippen LogP contribution is 2.33. The first-order chi connectivity index (χ1) is 12.5. The van der Waals surface area contributed by atoms with Gasteiger partial charge in [-0.3, -0.25) is 0 Å². The van der Waals surface area contributed by atoms with Crippen molar-refractivity contribution in [2.75, 3.05) is 6.61 Å². The summed E-state index contributed by atoms with van der Waals surface area (Å²) in [6, 6.07) is 11.6. The number of phenols is 1. The van der Waals surface area contributed by atoms with Crippen molar-refractivity contribution in [3.63, 3.8) is 0 Å². The molecule has 0 fully saturated rings. The summed E-state index contributed by atoms with van der Waals surface area (Å²) in [5.41, 5.74) is 2.48. The molecule has 2 rings (SSSR count). The van der Waals surface area contributed by atoms with Gasteiger partial charge in [-0.2, -0.15) is 5.26 Å². The summed E-state index contributed by atoms with van der Waals surface area (Å²) in [4.78, 5) is 10.9. The fourth-order valence-corrected chi connectivity index (χ4v) is 2.49. The highest BCUT2D eigenvalue weighted by molar-refractivity contribution is 5.92. The predicted molar refractivity (Wildman–Crippen MR) is 100 cm³/mol. The maximum absolute atomic E-state index is 10.9. The van der Waals surface area contributed by atoms with Gasteiger partial charge in [0, 0.05) is 5.56 Å². The summed E-state index contributed by atoms with van der Waals surface area (Å²) < 4.78 is 5.47. The molecule has 0 amide bonds. The Morgan fingerprint density at radius 3 is 2.46 bits per heavy atom. The van der Waals surface area contributed by atoms with E-state index in [0.717, 1.165) is 0 Å². The topological polar surface area (TPSA) is 90.6 Å². The minimum absolute atomic E-state index is 0.0632. The molecule has 0 atom stereocenters. The van der Waals surface area contributed by atoms with Crippen LogP contribution in [-0.2, 0) is 6.42 Å². The van der Waals surface area contributed by atoms with Crippen LogP contribution in [0.2, 0.25) is 0 Å². The number of allylic oxidation sites excluding steroid dienone is 2. The van der Waals surface area contributed by atoms with E-state index >= 15 is 0 Å². The summed E-state index contributed by atoms with van der Waals surface area (Å²) in [5.74, 6) is -0.613. The van der Waals surface area contributed by atoms with Crippen LogP contribution in [0, 0.1) is 11.3 Å². The summed E-state index contributed by atoms with van der Waals surface area (Å²) in [6.45, 7) is 5.90. The van der Waals surface area contributed by atoms with Crippen molar-refractivity contribution in [1.82, 2.24) is 0 Å². The third-order valence-electron chi connectivity index (χ3n) is 3.71. The molecule has 2 aromatic rings. The summed E-state index contributed by atoms with van der Waals surface area (Å²) in [6.07, 6.45) is 3.81. The molecule has 0 saturated heterocycles. The molecule has 132 valence electrons. The lowest BCUT2D eigenvalue weighted by Crippen LogP contribution is -1.96. The average Bonchev–Trinajstić information content (AvgIpc) is 2.63. The second-order valence-corrected chi connectivity index (χ2v) is 5.50. The van der Waals surface area contributed by atoms with Gasteiger partial charge in [0.25, 0.3) is 0 Å². The Kier molecular flexibility index (Phi) is 6.18. The molecule has 0 spiro atoms. The van der Waals surface area contributed by atoms with E-state index in [9.17, 15) is 15.2 Å². The number of nitriles is 1. The van der Waals surface area contributed by atoms with Crippen molar-refractivity contribution in [2.45, 2.75) is 13.3 Å². The Labute approximate surface area is 152 Å². The van der Waals surface area contributed by atoms with Crippen LogP contribution in [0.25, 0.3) is 11.6 Å². The monoisotopic (exact) mass is 349 g/mol. The Bertz CT molecular complexity index is 889. The zero-order valence-electron chi connectivity index (χ0n) is 14.4. The van der Waals surface area contributed by atoms with Gasteiger partial charge in [0.15, 0.2) is 11.5 Å². The molecule has 2 aromatic carbocycles. The molecule has 0 aliphatic heterocycles. The van der Waals surface area contributed by atoms with E-state index in [2.05, 4.69) is 12.6 Å². The lowest BCUT2D eigenvalue weighted by Gasteiger charge is -2.11. The smallest absolute Gasteiger partial charge is 0.335 e. The molecule has 5 nitrogen and oxygen atoms in total. The third kappa shape index (κ3) is 4.31. The number of benzene rings is 2. The lowest BCUT2D eigenvalue weighted by molar-refractivity contribution is 0.0697. The maximum atomic E-state index is 10.9. The highest BCUT2D eigenvalue weighted by Gasteiger charge is 2.11. The Hall–Kier alpha value is -3.52. The van der Waals surface area contributed by atoms with Crippen LogP contribution in [0.1, 0.15) is 34.0 Å². The Morgan fingerprint density at radius 2 is 1.92 bits per heavy atom. The first-order valence-electron chi connectivity index (χ1n) is 8.05. The lowest BCUT2D eigenvalue weighted by atomic mass is 10.00. The number of phenolic OH excluding ortho intramolecular Hbond substituents is 1. The van der Waals surface area contributed by atoms with Gasteiger partial charge in [-0.05, 0) is 54.8 Å². The molecule has 2 N–H and O–H groups in total. The first kappa shape index (κ1) is 18.8. The number of carboxylic acid groups (broad SMARTS) is 1. The van der Waals surface area contributed by atoms with Gasteiger partial charge in [0.2, 0.25) is 0 Å². The fourth-order valence-electron chi connectivity index (χ4n) is 2.49. The maximum Gasteiger partial charge on any atom is 0.335 e. The molecule has 0 aliphatic carbocycles. The van der Waals surface area contributed by atoms with Crippen molar-refractivity contribution in [3.8, 4) is 17.6 Å². The van der Waals surface area contributed by atoms with Crippen LogP contribution in [0.4, 0.5) is 0 Å². The van der Waals surface area contributed by atoms with Crippen LogP contribution in [-0.4, -0.2) is 22.8 Å². The van der Waals surface area contributed by atoms with E-state index in [1.165, 1.54) is 12.1 Å². The standard InChI is InChI=1S/C21H19NO4/c1-3-5-17-10-14(12-19(20(17)23)26-4-2)11-18(13-22)15-6-8-16(9-7-15)21(24)25/h3,6-12,23H,1,4-5H2,2H3,(H,24,25)/b18-11-. The number of ether oxygens (including phenoxy) is 1. The van der Waals surface area contributed by atoms with Gasteiger partial charge < -0.3 is 14.9 Å². The van der Waals surface area contributed by atoms with Crippen LogP contribution < -0.4 is 4.74 Å². The van der Waals surface area contributed by atoms with Gasteiger partial charge >= 0.3 is 5.97 Å². The molecule has 0 aromatic heterocycles. The van der Waals surface area contributed by atoms with Crippen molar-refractivity contribution < 1.29 is 19.7 Å². The van der Waals surface area contributed by atoms with E-state index in [-0.39, 0.29) is 11.3 Å². The van der Waals surface area contributed by atoms with E-state index in [4.69, 9.17) is 9.84 Å². The number of carbonyl (C=O) groups is 1. The second-order valence-electron chi connectivity index (χ2n) is 5.50. The minimum atomic E-state index is -1.02. The largest absolute Gasteiger partial charge is 0.504 e. The van der Waals surface area contributed by atoms with E-state index < -0.39 is 5.97 Å². The number of rotatable bonds is 7. The quantitative estimate of drug-likeness (QED) is 0.442. The van der Waals surface area contributed by atoms with Crippen LogP contribution in [0.15, 0.2) is 49.1 Å². The van der Waals surface area contributed by atoms with Crippen LogP contribution >= 0.6 is 0 Å². The number of hydrogen-bond donors (Lipinski definition) is 2. The van der Waals surface area contributed by atoms with Gasteiger partial charge in [-0.25, -0.2) is 4.79 Å². The minimum Gasteiger partial charge on any atom is -0.504 e. The van der Waals surface area contributed by atoms with Crippen LogP contribution in [0.3, 0.4) is 0 Å². The number of carboxylic acids is 1. The molecule has 0 saturated carbocycles. The van der Waals surface area contributed by atoms with Gasteiger partial charge in [0.05, 0.1) is 23.8 Å². The zero-order valence-corrected chi connectivity index (χ0v) is 14.4. The zero-order chi connectivity index (χ0) is 19.1. The van der Waals surface area contributed by atoms with E-state index in [1.54, 1.807) is 36.4 Å². The normalized spacial score (nSPS) is 10.8. The van der Waals surface area contributed by atoms with Gasteiger partial charge in [0.1, 0.15) is 0 Å². The molecule has 26 heavy (non-hydrogen) atoms. The van der Waals surface area contributed by atoms with E-state index in [1.807, 2.05) is 6.92 Å². The molecule has 0 aliphatic rings. The SMILES string of the molecule is C=CCc1cc(/C=C(/C#N)c2ccc(C(=O)O)cc2)cc(OCC)c1O. The summed E-state index contributed by atoms with van der Waals surface area (Å²) in [5, 5.41) is 28.7. The Balaban J connectivity index is 2.49. The third-order valence-corrected chi connectivity index (χ3v) is 3.71. The highest BCUT2D eigenvalue weighted by atomic mass is 16.5. The van der Waals surface area contributed by atoms with Crippen molar-refractivity contribution >= 4 is 17.6 Å². The molecule has 0 heterocycles. The van der Waals surface area contributed by atoms with E-state index in [0.29, 0.717) is 41.0 Å². The van der Waals surface area contributed by atoms with Gasteiger partial charge in [-0.15, -0.1) is 6.58 Å². The number of nitrogens with zero attached hydrogens (tertiary/aromatic N) is 1. The molecule has 0 radical (unpaired) electrons. The van der Waals surface area contributed by atoms with Crippen molar-refractivity contribution in [1.29, 1.82) is 5.26 Å². The summed E-state index contributed by atoms with van der Waals surface area (Å²) >= 11 is 0.